The van der Waals surface area contributed by atoms with Gasteiger partial charge in [0.1, 0.15) is 17.2 Å². The Morgan fingerprint density at radius 1 is 1.25 bits per heavy atom. The van der Waals surface area contributed by atoms with Crippen LogP contribution in [0.25, 0.3) is 0 Å². The van der Waals surface area contributed by atoms with Crippen molar-refractivity contribution in [1.82, 2.24) is 9.88 Å². The molecule has 2 aromatic rings. The number of aryl methyl sites for hydroxylation is 2. The van der Waals surface area contributed by atoms with Crippen LogP contribution >= 0.6 is 0 Å². The van der Waals surface area contributed by atoms with Gasteiger partial charge >= 0.3 is 0 Å². The minimum atomic E-state index is -3.52. The maximum Gasteiger partial charge on any atom is 0.217 e. The Balaban J connectivity index is 1.74. The van der Waals surface area contributed by atoms with Crippen LogP contribution in [0.5, 0.6) is 0 Å². The number of aromatic nitrogens is 1. The molecule has 0 amide bonds. The van der Waals surface area contributed by atoms with Crippen LogP contribution in [0.15, 0.2) is 34.9 Å². The summed E-state index contributed by atoms with van der Waals surface area (Å²) in [6.07, 6.45) is 1.31. The average Bonchev–Trinajstić information content (AvgIpc) is 2.92. The van der Waals surface area contributed by atoms with E-state index in [-0.39, 0.29) is 17.9 Å². The molecule has 2 unspecified atom stereocenters. The smallest absolute Gasteiger partial charge is 0.217 e. The zero-order valence-electron chi connectivity index (χ0n) is 13.9. The normalized spacial score (nSPS) is 21.8. The van der Waals surface area contributed by atoms with Crippen molar-refractivity contribution in [3.05, 3.63) is 52.9 Å². The SMILES string of the molecule is Cc1ccc(C2OCCCC2NS(=O)(=O)Cc2cc(C)on2)cc1. The standard InChI is InChI=1S/C17H22N2O4S/c1-12-5-7-14(8-6-12)17-16(4-3-9-22-17)19-24(20,21)11-15-10-13(2)23-18-15/h5-8,10,16-17,19H,3-4,9,11H2,1-2H3. The fourth-order valence-electron chi connectivity index (χ4n) is 2.94. The van der Waals surface area contributed by atoms with Crippen LogP contribution in [0.4, 0.5) is 0 Å². The molecular weight excluding hydrogens is 328 g/mol. The molecule has 1 fully saturated rings. The summed E-state index contributed by atoms with van der Waals surface area (Å²) in [5.74, 6) is 0.403. The van der Waals surface area contributed by atoms with Gasteiger partial charge in [-0.05, 0) is 32.3 Å². The van der Waals surface area contributed by atoms with E-state index in [1.54, 1.807) is 13.0 Å². The van der Waals surface area contributed by atoms with Crippen molar-refractivity contribution >= 4 is 10.0 Å². The highest BCUT2D eigenvalue weighted by atomic mass is 32.2. The molecule has 0 saturated carbocycles. The molecular formula is C17H22N2O4S. The summed E-state index contributed by atoms with van der Waals surface area (Å²) in [5.41, 5.74) is 2.56. The van der Waals surface area contributed by atoms with E-state index in [0.717, 1.165) is 24.0 Å². The van der Waals surface area contributed by atoms with Crippen molar-refractivity contribution in [2.24, 2.45) is 0 Å². The van der Waals surface area contributed by atoms with Crippen LogP contribution in [0.1, 0.15) is 41.5 Å². The van der Waals surface area contributed by atoms with E-state index >= 15 is 0 Å². The van der Waals surface area contributed by atoms with Crippen LogP contribution in [-0.4, -0.2) is 26.2 Å². The number of ether oxygens (including phenoxy) is 1. The Hall–Kier alpha value is -1.70. The van der Waals surface area contributed by atoms with Gasteiger partial charge in [-0.15, -0.1) is 0 Å². The van der Waals surface area contributed by atoms with Gasteiger partial charge in [0.2, 0.25) is 10.0 Å². The van der Waals surface area contributed by atoms with Gasteiger partial charge in [0.25, 0.3) is 0 Å². The molecule has 0 spiro atoms. The molecule has 1 saturated heterocycles. The second-order valence-electron chi connectivity index (χ2n) is 6.26. The quantitative estimate of drug-likeness (QED) is 0.896. The third kappa shape index (κ3) is 4.23. The van der Waals surface area contributed by atoms with Crippen molar-refractivity contribution in [3.63, 3.8) is 0 Å². The Morgan fingerprint density at radius 3 is 2.67 bits per heavy atom. The monoisotopic (exact) mass is 350 g/mol. The molecule has 1 aliphatic heterocycles. The van der Waals surface area contributed by atoms with Crippen LogP contribution in [-0.2, 0) is 20.5 Å². The highest BCUT2D eigenvalue weighted by molar-refractivity contribution is 7.88. The summed E-state index contributed by atoms with van der Waals surface area (Å²) in [4.78, 5) is 0. The number of nitrogens with one attached hydrogen (secondary N) is 1. The van der Waals surface area contributed by atoms with Gasteiger partial charge in [-0.3, -0.25) is 0 Å². The lowest BCUT2D eigenvalue weighted by molar-refractivity contribution is -0.00444. The zero-order valence-corrected chi connectivity index (χ0v) is 14.7. The molecule has 2 atom stereocenters. The lowest BCUT2D eigenvalue weighted by Crippen LogP contribution is -2.43. The van der Waals surface area contributed by atoms with Gasteiger partial charge in [0.15, 0.2) is 0 Å². The first-order valence-corrected chi connectivity index (χ1v) is 9.68. The predicted molar refractivity (Wildman–Crippen MR) is 89.9 cm³/mol. The summed E-state index contributed by atoms with van der Waals surface area (Å²) in [6, 6.07) is 9.36. The summed E-state index contributed by atoms with van der Waals surface area (Å²) in [5, 5.41) is 3.76. The number of hydrogen-bond acceptors (Lipinski definition) is 5. The molecule has 1 N–H and O–H groups in total. The van der Waals surface area contributed by atoms with E-state index < -0.39 is 10.0 Å². The molecule has 0 aliphatic carbocycles. The predicted octanol–water partition coefficient (Wildman–Crippen LogP) is 2.63. The highest BCUT2D eigenvalue weighted by Gasteiger charge is 2.31. The van der Waals surface area contributed by atoms with E-state index in [4.69, 9.17) is 9.26 Å². The van der Waals surface area contributed by atoms with Crippen LogP contribution in [0.2, 0.25) is 0 Å². The van der Waals surface area contributed by atoms with Gasteiger partial charge < -0.3 is 9.26 Å². The average molecular weight is 350 g/mol. The maximum atomic E-state index is 12.5. The Bertz CT molecular complexity index is 783. The minimum Gasteiger partial charge on any atom is -0.372 e. The summed E-state index contributed by atoms with van der Waals surface area (Å²) < 4.78 is 38.5. The van der Waals surface area contributed by atoms with Gasteiger partial charge in [0.05, 0.1) is 12.1 Å². The van der Waals surface area contributed by atoms with Crippen molar-refractivity contribution < 1.29 is 17.7 Å². The molecule has 0 radical (unpaired) electrons. The van der Waals surface area contributed by atoms with E-state index in [1.165, 1.54) is 0 Å². The number of benzene rings is 1. The summed E-state index contributed by atoms with van der Waals surface area (Å²) >= 11 is 0. The number of nitrogens with zero attached hydrogens (tertiary/aromatic N) is 1. The van der Waals surface area contributed by atoms with Gasteiger partial charge in [-0.2, -0.15) is 0 Å². The van der Waals surface area contributed by atoms with Gasteiger partial charge in [-0.25, -0.2) is 13.1 Å². The summed E-state index contributed by atoms with van der Waals surface area (Å²) in [6.45, 7) is 4.39. The molecule has 2 heterocycles. The first-order valence-electron chi connectivity index (χ1n) is 8.03. The first kappa shape index (κ1) is 17.1. The summed E-state index contributed by atoms with van der Waals surface area (Å²) in [7, 11) is -3.52. The Labute approximate surface area is 142 Å². The van der Waals surface area contributed by atoms with Gasteiger partial charge in [0, 0.05) is 12.7 Å². The number of hydrogen-bond donors (Lipinski definition) is 1. The van der Waals surface area contributed by atoms with E-state index in [1.807, 2.05) is 31.2 Å². The highest BCUT2D eigenvalue weighted by Crippen LogP contribution is 2.29. The molecule has 7 heteroatoms. The van der Waals surface area contributed by atoms with Crippen molar-refractivity contribution in [2.45, 2.75) is 44.6 Å². The molecule has 130 valence electrons. The molecule has 0 bridgehead atoms. The second-order valence-corrected chi connectivity index (χ2v) is 8.01. The molecule has 1 aliphatic rings. The largest absolute Gasteiger partial charge is 0.372 e. The minimum absolute atomic E-state index is 0.193. The van der Waals surface area contributed by atoms with Crippen molar-refractivity contribution in [2.75, 3.05) is 6.61 Å². The number of sulfonamides is 1. The van der Waals surface area contributed by atoms with E-state index in [0.29, 0.717) is 18.1 Å². The lowest BCUT2D eigenvalue weighted by Gasteiger charge is -2.32. The molecule has 1 aromatic carbocycles. The number of rotatable bonds is 5. The third-order valence-corrected chi connectivity index (χ3v) is 5.41. The first-order chi connectivity index (χ1) is 11.4. The maximum absolute atomic E-state index is 12.5. The van der Waals surface area contributed by atoms with E-state index in [9.17, 15) is 8.42 Å². The lowest BCUT2D eigenvalue weighted by atomic mass is 9.96. The second kappa shape index (κ2) is 7.04. The van der Waals surface area contributed by atoms with Crippen LogP contribution in [0.3, 0.4) is 0 Å². The van der Waals surface area contributed by atoms with Crippen molar-refractivity contribution in [1.29, 1.82) is 0 Å². The van der Waals surface area contributed by atoms with Crippen LogP contribution < -0.4 is 4.72 Å². The van der Waals surface area contributed by atoms with Crippen molar-refractivity contribution in [3.8, 4) is 0 Å². The molecule has 24 heavy (non-hydrogen) atoms. The molecule has 3 rings (SSSR count). The zero-order chi connectivity index (χ0) is 17.2. The third-order valence-electron chi connectivity index (χ3n) is 4.07. The fourth-order valence-corrected chi connectivity index (χ4v) is 4.25. The Kier molecular flexibility index (Phi) is 5.03. The van der Waals surface area contributed by atoms with Gasteiger partial charge in [-0.1, -0.05) is 35.0 Å². The van der Waals surface area contributed by atoms with Crippen LogP contribution in [0, 0.1) is 13.8 Å². The fraction of sp³-hybridized carbons (Fsp3) is 0.471. The Morgan fingerprint density at radius 2 is 2.00 bits per heavy atom. The van der Waals surface area contributed by atoms with E-state index in [2.05, 4.69) is 9.88 Å². The topological polar surface area (TPSA) is 81.4 Å². The molecule has 1 aromatic heterocycles. The molecule has 6 nitrogen and oxygen atoms in total.